The first kappa shape index (κ1) is 25.1. The van der Waals surface area contributed by atoms with Crippen molar-refractivity contribution in [1.82, 2.24) is 0 Å². The monoisotopic (exact) mass is 396 g/mol. The van der Waals surface area contributed by atoms with Crippen molar-refractivity contribution in [3.8, 4) is 0 Å². The molecular formula is C20H28O8. The topological polar surface area (TPSA) is 105 Å². The average molecular weight is 396 g/mol. The van der Waals surface area contributed by atoms with Gasteiger partial charge in [-0.25, -0.2) is 19.2 Å². The lowest BCUT2D eigenvalue weighted by molar-refractivity contribution is -0.142. The average Bonchev–Trinajstić information content (AvgIpc) is 2.68. The number of hydrogen-bond acceptors (Lipinski definition) is 8. The summed E-state index contributed by atoms with van der Waals surface area (Å²) >= 11 is 0. The molecule has 0 heterocycles. The van der Waals surface area contributed by atoms with Gasteiger partial charge in [-0.3, -0.25) is 0 Å². The van der Waals surface area contributed by atoms with Gasteiger partial charge in [0.25, 0.3) is 0 Å². The van der Waals surface area contributed by atoms with Crippen LogP contribution in [0.25, 0.3) is 0 Å². The molecule has 0 aliphatic carbocycles. The van der Waals surface area contributed by atoms with E-state index in [-0.39, 0.29) is 38.3 Å². The van der Waals surface area contributed by atoms with Gasteiger partial charge in [0, 0.05) is 24.3 Å². The van der Waals surface area contributed by atoms with Gasteiger partial charge in [0.05, 0.1) is 26.4 Å². The van der Waals surface area contributed by atoms with Crippen molar-refractivity contribution >= 4 is 23.9 Å². The van der Waals surface area contributed by atoms with Crippen LogP contribution in [0.1, 0.15) is 26.7 Å². The summed E-state index contributed by atoms with van der Waals surface area (Å²) in [6.45, 7) is 10.9. The highest BCUT2D eigenvalue weighted by molar-refractivity contribution is 5.91. The molecule has 8 nitrogen and oxygen atoms in total. The van der Waals surface area contributed by atoms with Crippen molar-refractivity contribution in [2.45, 2.75) is 26.7 Å². The van der Waals surface area contributed by atoms with E-state index in [1.54, 1.807) is 0 Å². The summed E-state index contributed by atoms with van der Waals surface area (Å²) in [6, 6.07) is 0. The molecule has 0 fully saturated rings. The standard InChI is InChI=1S/C20H28O8/c1-5-17(21)25-11-9-15(3)13-27-19(23)7-8-20(24)28-14-16(4)10-12-26-18(22)6-2/h5-8,15-16H,1-2,9-14H2,3-4H3/b8-7-. The summed E-state index contributed by atoms with van der Waals surface area (Å²) in [4.78, 5) is 44.9. The Hall–Kier alpha value is -2.90. The van der Waals surface area contributed by atoms with Crippen LogP contribution in [-0.2, 0) is 38.1 Å². The van der Waals surface area contributed by atoms with E-state index in [1.807, 2.05) is 13.8 Å². The largest absolute Gasteiger partial charge is 0.463 e. The van der Waals surface area contributed by atoms with E-state index in [2.05, 4.69) is 13.2 Å². The molecule has 0 N–H and O–H groups in total. The zero-order valence-corrected chi connectivity index (χ0v) is 16.4. The molecule has 0 aromatic heterocycles. The van der Waals surface area contributed by atoms with Crippen molar-refractivity contribution in [2.24, 2.45) is 11.8 Å². The van der Waals surface area contributed by atoms with Crippen LogP contribution >= 0.6 is 0 Å². The van der Waals surface area contributed by atoms with Gasteiger partial charge in [0.15, 0.2) is 0 Å². The molecule has 8 heteroatoms. The van der Waals surface area contributed by atoms with Crippen molar-refractivity contribution in [2.75, 3.05) is 26.4 Å². The normalized spacial score (nSPS) is 12.5. The van der Waals surface area contributed by atoms with Gasteiger partial charge in [-0.2, -0.15) is 0 Å². The van der Waals surface area contributed by atoms with Crippen LogP contribution in [0.4, 0.5) is 0 Å². The van der Waals surface area contributed by atoms with E-state index < -0.39 is 23.9 Å². The Morgan fingerprint density at radius 3 is 1.36 bits per heavy atom. The highest BCUT2D eigenvalue weighted by Gasteiger charge is 2.09. The second-order valence-electron chi connectivity index (χ2n) is 6.12. The molecule has 0 aliphatic rings. The molecule has 0 amide bonds. The molecule has 0 spiro atoms. The van der Waals surface area contributed by atoms with Crippen LogP contribution in [0.5, 0.6) is 0 Å². The summed E-state index contributed by atoms with van der Waals surface area (Å²) < 4.78 is 19.7. The number of carbonyl (C=O) groups excluding carboxylic acids is 4. The molecule has 156 valence electrons. The first-order valence-corrected chi connectivity index (χ1v) is 8.88. The SMILES string of the molecule is C=CC(=O)OCCC(C)COC(=O)/C=C\C(=O)OCC(C)CCOC(=O)C=C. The highest BCUT2D eigenvalue weighted by Crippen LogP contribution is 2.05. The number of ether oxygens (including phenoxy) is 4. The van der Waals surface area contributed by atoms with Gasteiger partial charge in [0.1, 0.15) is 0 Å². The van der Waals surface area contributed by atoms with Crippen LogP contribution in [0.15, 0.2) is 37.5 Å². The molecule has 0 aliphatic heterocycles. The maximum atomic E-state index is 11.6. The van der Waals surface area contributed by atoms with E-state index in [4.69, 9.17) is 18.9 Å². The fourth-order valence-corrected chi connectivity index (χ4v) is 1.69. The van der Waals surface area contributed by atoms with Crippen molar-refractivity contribution < 1.29 is 38.1 Å². The maximum Gasteiger partial charge on any atom is 0.331 e. The zero-order valence-electron chi connectivity index (χ0n) is 16.4. The second kappa shape index (κ2) is 15.2. The summed E-state index contributed by atoms with van der Waals surface area (Å²) in [5.74, 6) is -2.38. The lowest BCUT2D eigenvalue weighted by atomic mass is 10.1. The van der Waals surface area contributed by atoms with E-state index in [0.717, 1.165) is 24.3 Å². The lowest BCUT2D eigenvalue weighted by Gasteiger charge is -2.11. The van der Waals surface area contributed by atoms with Crippen LogP contribution in [0, 0.1) is 11.8 Å². The predicted octanol–water partition coefficient (Wildman–Crippen LogP) is 2.14. The Balaban J connectivity index is 3.92. The third kappa shape index (κ3) is 14.3. The lowest BCUT2D eigenvalue weighted by Crippen LogP contribution is -2.15. The number of rotatable bonds is 14. The zero-order chi connectivity index (χ0) is 21.4. The molecule has 0 aromatic rings. The Bertz CT molecular complexity index is 529. The molecule has 2 atom stereocenters. The molecule has 0 bridgehead atoms. The van der Waals surface area contributed by atoms with Crippen LogP contribution < -0.4 is 0 Å². The van der Waals surface area contributed by atoms with Crippen molar-refractivity contribution in [3.05, 3.63) is 37.5 Å². The Morgan fingerprint density at radius 2 is 1.04 bits per heavy atom. The minimum absolute atomic E-state index is 0.0158. The number of esters is 4. The molecule has 0 saturated heterocycles. The summed E-state index contributed by atoms with van der Waals surface area (Å²) in [6.07, 6.45) is 5.18. The van der Waals surface area contributed by atoms with Gasteiger partial charge in [-0.15, -0.1) is 0 Å². The molecule has 0 aromatic carbocycles. The van der Waals surface area contributed by atoms with Crippen LogP contribution in [-0.4, -0.2) is 50.3 Å². The third-order valence-corrected chi connectivity index (χ3v) is 3.42. The number of carbonyl (C=O) groups is 4. The molecular weight excluding hydrogens is 368 g/mol. The van der Waals surface area contributed by atoms with E-state index in [9.17, 15) is 19.2 Å². The van der Waals surface area contributed by atoms with Crippen LogP contribution in [0.3, 0.4) is 0 Å². The maximum absolute atomic E-state index is 11.6. The molecule has 28 heavy (non-hydrogen) atoms. The Kier molecular flexibility index (Phi) is 13.6. The fraction of sp³-hybridized carbons (Fsp3) is 0.500. The van der Waals surface area contributed by atoms with Gasteiger partial charge >= 0.3 is 23.9 Å². The minimum Gasteiger partial charge on any atom is -0.463 e. The van der Waals surface area contributed by atoms with Crippen molar-refractivity contribution in [3.63, 3.8) is 0 Å². The Morgan fingerprint density at radius 1 is 0.679 bits per heavy atom. The summed E-state index contributed by atoms with van der Waals surface area (Å²) in [7, 11) is 0. The first-order valence-electron chi connectivity index (χ1n) is 8.88. The van der Waals surface area contributed by atoms with Gasteiger partial charge in [0.2, 0.25) is 0 Å². The molecule has 0 rings (SSSR count). The fourth-order valence-electron chi connectivity index (χ4n) is 1.69. The van der Waals surface area contributed by atoms with E-state index in [0.29, 0.717) is 12.8 Å². The molecule has 2 unspecified atom stereocenters. The predicted molar refractivity (Wildman–Crippen MR) is 101 cm³/mol. The first-order chi connectivity index (χ1) is 13.3. The van der Waals surface area contributed by atoms with Gasteiger partial charge in [-0.05, 0) is 24.7 Å². The van der Waals surface area contributed by atoms with E-state index >= 15 is 0 Å². The van der Waals surface area contributed by atoms with Gasteiger partial charge < -0.3 is 18.9 Å². The second-order valence-corrected chi connectivity index (χ2v) is 6.12. The number of hydrogen-bond donors (Lipinski definition) is 0. The summed E-state index contributed by atoms with van der Waals surface area (Å²) in [5, 5.41) is 0. The van der Waals surface area contributed by atoms with E-state index in [1.165, 1.54) is 0 Å². The van der Waals surface area contributed by atoms with Gasteiger partial charge in [-0.1, -0.05) is 27.0 Å². The quantitative estimate of drug-likeness (QED) is 0.250. The van der Waals surface area contributed by atoms with Crippen LogP contribution in [0.2, 0.25) is 0 Å². The summed E-state index contributed by atoms with van der Waals surface area (Å²) in [5.41, 5.74) is 0. The minimum atomic E-state index is -0.670. The molecule has 0 radical (unpaired) electrons. The Labute approximate surface area is 165 Å². The molecule has 0 saturated carbocycles. The van der Waals surface area contributed by atoms with Crippen molar-refractivity contribution in [1.29, 1.82) is 0 Å². The smallest absolute Gasteiger partial charge is 0.331 e. The highest BCUT2D eigenvalue weighted by atomic mass is 16.5. The third-order valence-electron chi connectivity index (χ3n) is 3.42.